The largest absolute Gasteiger partial charge is 0.371 e. The van der Waals surface area contributed by atoms with E-state index in [9.17, 15) is 9.18 Å². The maximum atomic E-state index is 13.0. The van der Waals surface area contributed by atoms with Gasteiger partial charge in [0.05, 0.1) is 11.4 Å². The Morgan fingerprint density at radius 1 is 1.00 bits per heavy atom. The maximum Gasteiger partial charge on any atom is 0.258 e. The Labute approximate surface area is 117 Å². The molecule has 2 aromatic carbocycles. The van der Waals surface area contributed by atoms with Gasteiger partial charge in [-0.05, 0) is 36.4 Å². The lowest BCUT2D eigenvalue weighted by atomic mass is 10.1. The number of carbonyl (C=O) groups is 1. The molecule has 1 aliphatic rings. The van der Waals surface area contributed by atoms with Crippen molar-refractivity contribution in [2.45, 2.75) is 0 Å². The van der Waals surface area contributed by atoms with Crippen LogP contribution in [0.15, 0.2) is 48.5 Å². The minimum absolute atomic E-state index is 0.0921. The second-order valence-corrected chi connectivity index (χ2v) is 4.87. The molecule has 0 N–H and O–H groups in total. The normalized spacial score (nSPS) is 14.1. The second-order valence-electron chi connectivity index (χ2n) is 4.87. The molecular weight excluding hydrogens is 255 g/mol. The van der Waals surface area contributed by atoms with E-state index in [0.29, 0.717) is 12.1 Å². The molecule has 3 rings (SSSR count). The fourth-order valence-electron chi connectivity index (χ4n) is 2.47. The Morgan fingerprint density at radius 2 is 1.65 bits per heavy atom. The fourth-order valence-corrected chi connectivity index (χ4v) is 2.47. The molecule has 0 fully saturated rings. The summed E-state index contributed by atoms with van der Waals surface area (Å²) in [6.45, 7) is 1.41. The molecule has 0 aliphatic carbocycles. The van der Waals surface area contributed by atoms with Gasteiger partial charge in [0.2, 0.25) is 0 Å². The predicted octanol–water partition coefficient (Wildman–Crippen LogP) is 2.92. The lowest BCUT2D eigenvalue weighted by Gasteiger charge is -2.35. The van der Waals surface area contributed by atoms with E-state index in [1.54, 1.807) is 4.90 Å². The van der Waals surface area contributed by atoms with E-state index in [2.05, 4.69) is 4.90 Å². The Bertz CT molecular complexity index is 639. The van der Waals surface area contributed by atoms with Crippen molar-refractivity contribution in [3.05, 3.63) is 59.9 Å². The SMILES string of the molecule is CN1CCN(C(=O)c2ccc(F)cc2)c2ccccc21. The van der Waals surface area contributed by atoms with Gasteiger partial charge in [-0.1, -0.05) is 12.1 Å². The highest BCUT2D eigenvalue weighted by molar-refractivity contribution is 6.08. The van der Waals surface area contributed by atoms with Crippen LogP contribution in [0.3, 0.4) is 0 Å². The summed E-state index contributed by atoms with van der Waals surface area (Å²) in [5, 5.41) is 0. The number of likely N-dealkylation sites (N-methyl/N-ethyl adjacent to an activating group) is 1. The maximum absolute atomic E-state index is 13.0. The van der Waals surface area contributed by atoms with Crippen LogP contribution < -0.4 is 9.80 Å². The first kappa shape index (κ1) is 12.7. The lowest BCUT2D eigenvalue weighted by Crippen LogP contribution is -2.42. The standard InChI is InChI=1S/C16H15FN2O/c1-18-10-11-19(15-5-3-2-4-14(15)18)16(20)12-6-8-13(17)9-7-12/h2-9H,10-11H2,1H3. The van der Waals surface area contributed by atoms with E-state index >= 15 is 0 Å². The quantitative estimate of drug-likeness (QED) is 0.795. The zero-order chi connectivity index (χ0) is 14.1. The van der Waals surface area contributed by atoms with Gasteiger partial charge >= 0.3 is 0 Å². The molecule has 20 heavy (non-hydrogen) atoms. The Balaban J connectivity index is 1.97. The van der Waals surface area contributed by atoms with Crippen LogP contribution in [0.4, 0.5) is 15.8 Å². The monoisotopic (exact) mass is 270 g/mol. The van der Waals surface area contributed by atoms with Crippen LogP contribution in [0.25, 0.3) is 0 Å². The van der Waals surface area contributed by atoms with Crippen LogP contribution in [0.1, 0.15) is 10.4 Å². The summed E-state index contributed by atoms with van der Waals surface area (Å²) in [5.74, 6) is -0.425. The number of hydrogen-bond donors (Lipinski definition) is 0. The van der Waals surface area contributed by atoms with Gasteiger partial charge in [-0.25, -0.2) is 4.39 Å². The van der Waals surface area contributed by atoms with E-state index in [-0.39, 0.29) is 11.7 Å². The number of hydrogen-bond acceptors (Lipinski definition) is 2. The molecule has 0 spiro atoms. The first-order chi connectivity index (χ1) is 9.66. The van der Waals surface area contributed by atoms with Crippen molar-refractivity contribution >= 4 is 17.3 Å². The van der Waals surface area contributed by atoms with Gasteiger partial charge < -0.3 is 9.80 Å². The summed E-state index contributed by atoms with van der Waals surface area (Å²) in [5.41, 5.74) is 2.44. The summed E-state index contributed by atoms with van der Waals surface area (Å²) < 4.78 is 13.0. The number of amides is 1. The number of rotatable bonds is 1. The number of anilines is 2. The third-order valence-electron chi connectivity index (χ3n) is 3.58. The van der Waals surface area contributed by atoms with Gasteiger partial charge in [0.25, 0.3) is 5.91 Å². The van der Waals surface area contributed by atoms with E-state index in [1.165, 1.54) is 24.3 Å². The van der Waals surface area contributed by atoms with Crippen molar-refractivity contribution in [2.75, 3.05) is 29.9 Å². The number of nitrogens with zero attached hydrogens (tertiary/aromatic N) is 2. The van der Waals surface area contributed by atoms with E-state index in [0.717, 1.165) is 17.9 Å². The van der Waals surface area contributed by atoms with Gasteiger partial charge in [-0.3, -0.25) is 4.79 Å². The highest BCUT2D eigenvalue weighted by Crippen LogP contribution is 2.32. The highest BCUT2D eigenvalue weighted by atomic mass is 19.1. The molecule has 0 saturated carbocycles. The molecule has 1 aliphatic heterocycles. The summed E-state index contributed by atoms with van der Waals surface area (Å²) in [6.07, 6.45) is 0. The van der Waals surface area contributed by atoms with E-state index < -0.39 is 0 Å². The van der Waals surface area contributed by atoms with Crippen LogP contribution >= 0.6 is 0 Å². The van der Waals surface area contributed by atoms with E-state index in [1.807, 2.05) is 31.3 Å². The Morgan fingerprint density at radius 3 is 2.35 bits per heavy atom. The van der Waals surface area contributed by atoms with Crippen molar-refractivity contribution < 1.29 is 9.18 Å². The topological polar surface area (TPSA) is 23.6 Å². The minimum atomic E-state index is -0.333. The average molecular weight is 270 g/mol. The third kappa shape index (κ3) is 2.13. The molecule has 0 radical (unpaired) electrons. The van der Waals surface area contributed by atoms with Gasteiger partial charge in [-0.15, -0.1) is 0 Å². The van der Waals surface area contributed by atoms with Gasteiger partial charge in [0.15, 0.2) is 0 Å². The van der Waals surface area contributed by atoms with Crippen LogP contribution in [0.2, 0.25) is 0 Å². The second kappa shape index (κ2) is 4.96. The van der Waals surface area contributed by atoms with Crippen LogP contribution in [0.5, 0.6) is 0 Å². The number of fused-ring (bicyclic) bond motifs is 1. The molecule has 0 atom stereocenters. The molecule has 1 heterocycles. The van der Waals surface area contributed by atoms with Crippen molar-refractivity contribution in [3.63, 3.8) is 0 Å². The summed E-state index contributed by atoms with van der Waals surface area (Å²) in [6, 6.07) is 13.5. The Hall–Kier alpha value is -2.36. The number of carbonyl (C=O) groups excluding carboxylic acids is 1. The number of para-hydroxylation sites is 2. The summed E-state index contributed by atoms with van der Waals surface area (Å²) >= 11 is 0. The van der Waals surface area contributed by atoms with Crippen molar-refractivity contribution in [3.8, 4) is 0 Å². The fraction of sp³-hybridized carbons (Fsp3) is 0.188. The third-order valence-corrected chi connectivity index (χ3v) is 3.58. The zero-order valence-corrected chi connectivity index (χ0v) is 11.2. The van der Waals surface area contributed by atoms with Gasteiger partial charge in [0, 0.05) is 25.7 Å². The lowest BCUT2D eigenvalue weighted by molar-refractivity contribution is 0.0986. The molecule has 0 bridgehead atoms. The molecular formula is C16H15FN2O. The molecule has 0 aromatic heterocycles. The highest BCUT2D eigenvalue weighted by Gasteiger charge is 2.25. The van der Waals surface area contributed by atoms with Crippen molar-refractivity contribution in [1.29, 1.82) is 0 Å². The summed E-state index contributed by atoms with van der Waals surface area (Å²) in [4.78, 5) is 16.4. The molecule has 0 unspecified atom stereocenters. The van der Waals surface area contributed by atoms with Crippen LogP contribution in [0, 0.1) is 5.82 Å². The predicted molar refractivity (Wildman–Crippen MR) is 77.8 cm³/mol. The van der Waals surface area contributed by atoms with Gasteiger partial charge in [-0.2, -0.15) is 0 Å². The summed E-state index contributed by atoms with van der Waals surface area (Å²) in [7, 11) is 2.01. The molecule has 1 amide bonds. The average Bonchev–Trinajstić information content (AvgIpc) is 2.48. The molecule has 2 aromatic rings. The van der Waals surface area contributed by atoms with Crippen LogP contribution in [-0.2, 0) is 0 Å². The zero-order valence-electron chi connectivity index (χ0n) is 11.2. The van der Waals surface area contributed by atoms with Gasteiger partial charge in [0.1, 0.15) is 5.82 Å². The van der Waals surface area contributed by atoms with E-state index in [4.69, 9.17) is 0 Å². The molecule has 102 valence electrons. The van der Waals surface area contributed by atoms with Crippen LogP contribution in [-0.4, -0.2) is 26.0 Å². The Kier molecular flexibility index (Phi) is 3.14. The molecule has 3 nitrogen and oxygen atoms in total. The first-order valence-corrected chi connectivity index (χ1v) is 6.54. The smallest absolute Gasteiger partial charge is 0.258 e. The first-order valence-electron chi connectivity index (χ1n) is 6.54. The van der Waals surface area contributed by atoms with Crippen molar-refractivity contribution in [1.82, 2.24) is 0 Å². The minimum Gasteiger partial charge on any atom is -0.371 e. The van der Waals surface area contributed by atoms with Crippen molar-refractivity contribution in [2.24, 2.45) is 0 Å². The number of halogens is 1. The molecule has 0 saturated heterocycles. The molecule has 4 heteroatoms. The number of benzene rings is 2.